The van der Waals surface area contributed by atoms with Gasteiger partial charge in [-0.25, -0.2) is 27.0 Å². The van der Waals surface area contributed by atoms with Gasteiger partial charge in [0.1, 0.15) is 5.69 Å². The van der Waals surface area contributed by atoms with E-state index < -0.39 is 16.4 Å². The van der Waals surface area contributed by atoms with Gasteiger partial charge in [0.2, 0.25) is 10.0 Å². The second-order valence-electron chi connectivity index (χ2n) is 7.67. The van der Waals surface area contributed by atoms with Gasteiger partial charge in [0.05, 0.1) is 16.3 Å². The molecule has 3 aromatic carbocycles. The Morgan fingerprint density at radius 2 is 1.48 bits per heavy atom. The molecule has 0 amide bonds. The van der Waals surface area contributed by atoms with E-state index in [0.29, 0.717) is 22.5 Å². The molecule has 9 heteroatoms. The van der Waals surface area contributed by atoms with Gasteiger partial charge in [0.15, 0.2) is 0 Å². The Kier molecular flexibility index (Phi) is 6.01. The first-order chi connectivity index (χ1) is 15.7. The molecule has 0 saturated carbocycles. The number of nitrogens with two attached hydrogens (primary N) is 1. The molecule has 0 radical (unpaired) electrons. The van der Waals surface area contributed by atoms with Crippen LogP contribution in [0.4, 0.5) is 14.5 Å². The fourth-order valence-corrected chi connectivity index (χ4v) is 4.14. The van der Waals surface area contributed by atoms with Gasteiger partial charge in [-0.2, -0.15) is 5.10 Å². The van der Waals surface area contributed by atoms with Crippen molar-refractivity contribution >= 4 is 15.7 Å². The molecule has 0 bridgehead atoms. The third-order valence-electron chi connectivity index (χ3n) is 5.25. The van der Waals surface area contributed by atoms with Crippen molar-refractivity contribution in [1.29, 1.82) is 0 Å². The summed E-state index contributed by atoms with van der Waals surface area (Å²) in [5.74, 6) is 0. The number of sulfonamides is 1. The standard InChI is InChI=1S/C24H22F2N4O2S/c1-29(2)18-10-12-19(13-11-18)30-23(17-8-14-20(15-9-17)33(27,31)32)21(22(28-30)24(25)26)16-6-4-3-5-7-16/h3-15,24H,1-2H3,(H2,27,31,32). The zero-order valence-corrected chi connectivity index (χ0v) is 18.8. The van der Waals surface area contributed by atoms with Gasteiger partial charge in [-0.05, 0) is 42.0 Å². The smallest absolute Gasteiger partial charge is 0.282 e. The normalized spacial score (nSPS) is 11.7. The van der Waals surface area contributed by atoms with Crippen molar-refractivity contribution in [3.8, 4) is 28.1 Å². The van der Waals surface area contributed by atoms with Crippen LogP contribution in [0.5, 0.6) is 0 Å². The minimum Gasteiger partial charge on any atom is -0.378 e. The number of benzene rings is 3. The molecule has 0 spiro atoms. The summed E-state index contributed by atoms with van der Waals surface area (Å²) in [5.41, 5.74) is 2.99. The molecule has 2 N–H and O–H groups in total. The zero-order valence-electron chi connectivity index (χ0n) is 18.0. The van der Waals surface area contributed by atoms with Crippen molar-refractivity contribution in [3.63, 3.8) is 0 Å². The molecule has 1 aromatic heterocycles. The van der Waals surface area contributed by atoms with E-state index in [1.54, 1.807) is 54.6 Å². The number of nitrogens with zero attached hydrogens (tertiary/aromatic N) is 3. The molecular formula is C24H22F2N4O2S. The fraction of sp³-hybridized carbons (Fsp3) is 0.125. The molecule has 170 valence electrons. The zero-order chi connectivity index (χ0) is 23.8. The van der Waals surface area contributed by atoms with Gasteiger partial charge in [-0.3, -0.25) is 0 Å². The van der Waals surface area contributed by atoms with Crippen LogP contribution < -0.4 is 10.0 Å². The van der Waals surface area contributed by atoms with Crippen LogP contribution in [0.15, 0.2) is 83.8 Å². The number of halogens is 2. The summed E-state index contributed by atoms with van der Waals surface area (Å²) >= 11 is 0. The van der Waals surface area contributed by atoms with E-state index in [-0.39, 0.29) is 16.2 Å². The van der Waals surface area contributed by atoms with Gasteiger partial charge in [-0.1, -0.05) is 42.5 Å². The highest BCUT2D eigenvalue weighted by Crippen LogP contribution is 2.40. The summed E-state index contributed by atoms with van der Waals surface area (Å²) in [6, 6.07) is 22.0. The van der Waals surface area contributed by atoms with Crippen LogP contribution in [0, 0.1) is 0 Å². The average molecular weight is 469 g/mol. The van der Waals surface area contributed by atoms with Gasteiger partial charge < -0.3 is 4.90 Å². The highest BCUT2D eigenvalue weighted by Gasteiger charge is 2.27. The number of hydrogen-bond donors (Lipinski definition) is 1. The van der Waals surface area contributed by atoms with Crippen LogP contribution in [-0.2, 0) is 10.0 Å². The Bertz CT molecular complexity index is 1370. The molecule has 1 heterocycles. The van der Waals surface area contributed by atoms with E-state index >= 15 is 0 Å². The summed E-state index contributed by atoms with van der Waals surface area (Å²) in [6.45, 7) is 0. The molecule has 4 rings (SSSR count). The van der Waals surface area contributed by atoms with Crippen LogP contribution in [-0.4, -0.2) is 32.3 Å². The molecule has 0 aliphatic rings. The minimum absolute atomic E-state index is 0.0667. The number of aromatic nitrogens is 2. The number of hydrogen-bond acceptors (Lipinski definition) is 4. The summed E-state index contributed by atoms with van der Waals surface area (Å²) in [5, 5.41) is 9.51. The monoisotopic (exact) mass is 468 g/mol. The molecule has 4 aromatic rings. The average Bonchev–Trinajstić information content (AvgIpc) is 3.20. The summed E-state index contributed by atoms with van der Waals surface area (Å²) < 4.78 is 53.2. The number of alkyl halides is 2. The van der Waals surface area contributed by atoms with E-state index in [1.807, 2.05) is 31.1 Å². The van der Waals surface area contributed by atoms with Crippen LogP contribution in [0.25, 0.3) is 28.1 Å². The maximum Gasteiger partial charge on any atom is 0.282 e. The van der Waals surface area contributed by atoms with Crippen molar-refractivity contribution in [3.05, 3.63) is 84.6 Å². The van der Waals surface area contributed by atoms with Crippen LogP contribution in [0.3, 0.4) is 0 Å². The second kappa shape index (κ2) is 8.76. The topological polar surface area (TPSA) is 81.2 Å². The molecule has 0 atom stereocenters. The Morgan fingerprint density at radius 3 is 2.00 bits per heavy atom. The lowest BCUT2D eigenvalue weighted by Crippen LogP contribution is -2.11. The van der Waals surface area contributed by atoms with E-state index in [0.717, 1.165) is 5.69 Å². The molecule has 0 aliphatic carbocycles. The Morgan fingerprint density at radius 1 is 0.879 bits per heavy atom. The van der Waals surface area contributed by atoms with Crippen molar-refractivity contribution in [2.45, 2.75) is 11.3 Å². The van der Waals surface area contributed by atoms with Crippen molar-refractivity contribution in [1.82, 2.24) is 9.78 Å². The summed E-state index contributed by atoms with van der Waals surface area (Å²) in [4.78, 5) is 1.86. The minimum atomic E-state index is -3.89. The fourth-order valence-electron chi connectivity index (χ4n) is 3.63. The maximum absolute atomic E-state index is 14.1. The highest BCUT2D eigenvalue weighted by atomic mass is 32.2. The second-order valence-corrected chi connectivity index (χ2v) is 9.23. The first-order valence-corrected chi connectivity index (χ1v) is 11.6. The third-order valence-corrected chi connectivity index (χ3v) is 6.18. The Labute approximate surface area is 190 Å². The lowest BCUT2D eigenvalue weighted by molar-refractivity contribution is 0.146. The predicted molar refractivity (Wildman–Crippen MR) is 125 cm³/mol. The first kappa shape index (κ1) is 22.6. The van der Waals surface area contributed by atoms with Crippen LogP contribution in [0.2, 0.25) is 0 Å². The quantitative estimate of drug-likeness (QED) is 0.438. The Balaban J connectivity index is 2.00. The molecule has 6 nitrogen and oxygen atoms in total. The predicted octanol–water partition coefficient (Wildman–Crippen LogP) is 4.86. The summed E-state index contributed by atoms with van der Waals surface area (Å²) in [7, 11) is -0.0815. The van der Waals surface area contributed by atoms with Crippen molar-refractivity contribution < 1.29 is 17.2 Å². The molecule has 0 aliphatic heterocycles. The highest BCUT2D eigenvalue weighted by molar-refractivity contribution is 7.89. The first-order valence-electron chi connectivity index (χ1n) is 10.0. The van der Waals surface area contributed by atoms with Gasteiger partial charge in [0, 0.05) is 30.9 Å². The number of rotatable bonds is 6. The molecule has 33 heavy (non-hydrogen) atoms. The van der Waals surface area contributed by atoms with Crippen LogP contribution in [0.1, 0.15) is 12.1 Å². The lowest BCUT2D eigenvalue weighted by atomic mass is 9.98. The van der Waals surface area contributed by atoms with E-state index in [4.69, 9.17) is 5.14 Å². The van der Waals surface area contributed by atoms with Crippen molar-refractivity contribution in [2.75, 3.05) is 19.0 Å². The maximum atomic E-state index is 14.1. The van der Waals surface area contributed by atoms with Crippen LogP contribution >= 0.6 is 0 Å². The van der Waals surface area contributed by atoms with Gasteiger partial charge in [-0.15, -0.1) is 0 Å². The lowest BCUT2D eigenvalue weighted by Gasteiger charge is -2.14. The van der Waals surface area contributed by atoms with E-state index in [1.165, 1.54) is 16.8 Å². The van der Waals surface area contributed by atoms with Gasteiger partial charge in [0.25, 0.3) is 6.43 Å². The SMILES string of the molecule is CN(C)c1ccc(-n2nc(C(F)F)c(-c3ccccc3)c2-c2ccc(S(N)(=O)=O)cc2)cc1. The summed E-state index contributed by atoms with van der Waals surface area (Å²) in [6.07, 6.45) is -2.81. The molecule has 0 unspecified atom stereocenters. The number of primary sulfonamides is 1. The van der Waals surface area contributed by atoms with Crippen molar-refractivity contribution in [2.24, 2.45) is 5.14 Å². The molecule has 0 saturated heterocycles. The van der Waals surface area contributed by atoms with E-state index in [2.05, 4.69) is 5.10 Å². The number of anilines is 1. The third kappa shape index (κ3) is 4.50. The van der Waals surface area contributed by atoms with Gasteiger partial charge >= 0.3 is 0 Å². The Hall–Kier alpha value is -3.56. The van der Waals surface area contributed by atoms with E-state index in [9.17, 15) is 17.2 Å². The molecular weight excluding hydrogens is 446 g/mol. The molecule has 0 fully saturated rings. The largest absolute Gasteiger partial charge is 0.378 e.